The molecule has 1 atom stereocenters. The first kappa shape index (κ1) is 13.0. The van der Waals surface area contributed by atoms with Crippen LogP contribution in [-0.2, 0) is 14.3 Å². The molecule has 1 saturated heterocycles. The van der Waals surface area contributed by atoms with E-state index in [9.17, 15) is 9.59 Å². The zero-order valence-corrected chi connectivity index (χ0v) is 9.81. The Morgan fingerprint density at radius 3 is 2.50 bits per heavy atom. The molecule has 1 rings (SSSR count). The van der Waals surface area contributed by atoms with Gasteiger partial charge in [-0.05, 0) is 25.7 Å². The number of nitrogens with zero attached hydrogens (tertiary/aromatic N) is 1. The number of carbonyl (C=O) groups is 2. The van der Waals surface area contributed by atoms with E-state index in [4.69, 9.17) is 9.84 Å². The minimum absolute atomic E-state index is 0.111. The van der Waals surface area contributed by atoms with Crippen LogP contribution in [-0.4, -0.2) is 47.7 Å². The first-order valence-corrected chi connectivity index (χ1v) is 5.63. The lowest BCUT2D eigenvalue weighted by molar-refractivity contribution is -0.153. The van der Waals surface area contributed by atoms with Crippen LogP contribution in [0, 0.1) is 5.92 Å². The summed E-state index contributed by atoms with van der Waals surface area (Å²) in [6.07, 6.45) is 1.10. The van der Waals surface area contributed by atoms with Gasteiger partial charge in [0.25, 0.3) is 0 Å². The van der Waals surface area contributed by atoms with Crippen LogP contribution in [0.1, 0.15) is 26.7 Å². The Labute approximate surface area is 95.4 Å². The van der Waals surface area contributed by atoms with Gasteiger partial charge in [0, 0.05) is 13.1 Å². The molecule has 1 fully saturated rings. The van der Waals surface area contributed by atoms with Crippen molar-refractivity contribution in [3.05, 3.63) is 0 Å². The molecule has 1 aliphatic heterocycles. The molecule has 0 saturated carbocycles. The van der Waals surface area contributed by atoms with Crippen molar-refractivity contribution in [2.75, 3.05) is 19.7 Å². The lowest BCUT2D eigenvalue weighted by Gasteiger charge is -2.30. The average molecular weight is 229 g/mol. The summed E-state index contributed by atoms with van der Waals surface area (Å²) in [5, 5.41) is 8.59. The van der Waals surface area contributed by atoms with Gasteiger partial charge in [-0.2, -0.15) is 0 Å². The minimum Gasteiger partial charge on any atom is -0.479 e. The van der Waals surface area contributed by atoms with Crippen molar-refractivity contribution in [1.29, 1.82) is 0 Å². The number of carboxylic acids is 1. The van der Waals surface area contributed by atoms with Gasteiger partial charge < -0.3 is 14.7 Å². The molecule has 1 amide bonds. The van der Waals surface area contributed by atoms with Gasteiger partial charge in [0.2, 0.25) is 5.91 Å². The van der Waals surface area contributed by atoms with E-state index in [0.29, 0.717) is 5.92 Å². The van der Waals surface area contributed by atoms with E-state index < -0.39 is 12.1 Å². The van der Waals surface area contributed by atoms with Crippen LogP contribution < -0.4 is 0 Å². The molecule has 0 spiro atoms. The fraction of sp³-hybridized carbons (Fsp3) is 0.818. The zero-order chi connectivity index (χ0) is 12.1. The Kier molecular flexibility index (Phi) is 4.73. The molecule has 1 heterocycles. The Morgan fingerprint density at radius 2 is 2.00 bits per heavy atom. The van der Waals surface area contributed by atoms with E-state index in [2.05, 4.69) is 6.92 Å². The van der Waals surface area contributed by atoms with E-state index in [1.165, 1.54) is 6.92 Å². The van der Waals surface area contributed by atoms with Crippen LogP contribution in [0.15, 0.2) is 0 Å². The molecule has 0 aromatic carbocycles. The van der Waals surface area contributed by atoms with Crippen molar-refractivity contribution in [2.24, 2.45) is 5.92 Å². The summed E-state index contributed by atoms with van der Waals surface area (Å²) in [6.45, 7) is 4.97. The van der Waals surface area contributed by atoms with Crippen molar-refractivity contribution in [2.45, 2.75) is 32.8 Å². The molecule has 0 radical (unpaired) electrons. The smallest absolute Gasteiger partial charge is 0.332 e. The number of rotatable bonds is 4. The van der Waals surface area contributed by atoms with Crippen molar-refractivity contribution in [1.82, 2.24) is 4.90 Å². The number of carbonyl (C=O) groups excluding carboxylic acids is 1. The standard InChI is InChI=1S/C11H19NO4/c1-8-3-5-12(6-4-8)10(13)7-16-9(2)11(14)15/h8-9H,3-7H2,1-2H3,(H,14,15)/t9-/m1/s1. The van der Waals surface area contributed by atoms with E-state index in [0.717, 1.165) is 25.9 Å². The second-order valence-electron chi connectivity index (χ2n) is 4.35. The highest BCUT2D eigenvalue weighted by atomic mass is 16.5. The quantitative estimate of drug-likeness (QED) is 0.772. The third kappa shape index (κ3) is 3.81. The number of aliphatic carboxylic acids is 1. The molecular formula is C11H19NO4. The van der Waals surface area contributed by atoms with Crippen molar-refractivity contribution in [3.8, 4) is 0 Å². The summed E-state index contributed by atoms with van der Waals surface area (Å²) in [4.78, 5) is 23.9. The lowest BCUT2D eigenvalue weighted by Crippen LogP contribution is -2.40. The first-order valence-electron chi connectivity index (χ1n) is 5.63. The molecular weight excluding hydrogens is 210 g/mol. The molecule has 1 N–H and O–H groups in total. The summed E-state index contributed by atoms with van der Waals surface area (Å²) in [7, 11) is 0. The minimum atomic E-state index is -1.04. The largest absolute Gasteiger partial charge is 0.479 e. The highest BCUT2D eigenvalue weighted by Crippen LogP contribution is 2.15. The van der Waals surface area contributed by atoms with E-state index >= 15 is 0 Å². The Bertz CT molecular complexity index is 259. The van der Waals surface area contributed by atoms with Gasteiger partial charge in [-0.15, -0.1) is 0 Å². The van der Waals surface area contributed by atoms with Crippen molar-refractivity contribution >= 4 is 11.9 Å². The molecule has 5 nitrogen and oxygen atoms in total. The van der Waals surface area contributed by atoms with Crippen LogP contribution in [0.5, 0.6) is 0 Å². The molecule has 1 aliphatic rings. The lowest BCUT2D eigenvalue weighted by atomic mass is 9.99. The van der Waals surface area contributed by atoms with Crippen LogP contribution >= 0.6 is 0 Å². The summed E-state index contributed by atoms with van der Waals surface area (Å²) < 4.78 is 4.95. The van der Waals surface area contributed by atoms with Crippen LogP contribution in [0.2, 0.25) is 0 Å². The van der Waals surface area contributed by atoms with Gasteiger partial charge in [-0.1, -0.05) is 6.92 Å². The second-order valence-corrected chi connectivity index (χ2v) is 4.35. The molecule has 0 unspecified atom stereocenters. The zero-order valence-electron chi connectivity index (χ0n) is 9.81. The van der Waals surface area contributed by atoms with E-state index in [-0.39, 0.29) is 12.5 Å². The maximum Gasteiger partial charge on any atom is 0.332 e. The van der Waals surface area contributed by atoms with Crippen LogP contribution in [0.25, 0.3) is 0 Å². The number of hydrogen-bond donors (Lipinski definition) is 1. The molecule has 0 aliphatic carbocycles. The van der Waals surface area contributed by atoms with Gasteiger partial charge in [0.15, 0.2) is 6.10 Å². The fourth-order valence-corrected chi connectivity index (χ4v) is 1.62. The summed E-state index contributed by atoms with van der Waals surface area (Å²) in [6, 6.07) is 0. The average Bonchev–Trinajstić information content (AvgIpc) is 2.26. The van der Waals surface area contributed by atoms with Crippen molar-refractivity contribution < 1.29 is 19.4 Å². The predicted molar refractivity (Wildman–Crippen MR) is 58.0 cm³/mol. The molecule has 5 heteroatoms. The third-order valence-corrected chi connectivity index (χ3v) is 2.94. The summed E-state index contributed by atoms with van der Waals surface area (Å²) in [5.41, 5.74) is 0. The third-order valence-electron chi connectivity index (χ3n) is 2.94. The Morgan fingerprint density at radius 1 is 1.44 bits per heavy atom. The maximum absolute atomic E-state index is 11.6. The molecule has 92 valence electrons. The molecule has 0 bridgehead atoms. The highest BCUT2D eigenvalue weighted by molar-refractivity contribution is 5.78. The highest BCUT2D eigenvalue weighted by Gasteiger charge is 2.21. The first-order chi connectivity index (χ1) is 7.50. The van der Waals surface area contributed by atoms with Gasteiger partial charge in [0.1, 0.15) is 6.61 Å². The Balaban J connectivity index is 2.27. The SMILES string of the molecule is CC1CCN(C(=O)CO[C@H](C)C(=O)O)CC1. The molecule has 16 heavy (non-hydrogen) atoms. The molecule has 0 aromatic heterocycles. The normalized spacial score (nSPS) is 19.5. The Hall–Kier alpha value is -1.10. The number of ether oxygens (including phenoxy) is 1. The number of piperidine rings is 1. The second kappa shape index (κ2) is 5.84. The van der Waals surface area contributed by atoms with Crippen LogP contribution in [0.4, 0.5) is 0 Å². The molecule has 0 aromatic rings. The van der Waals surface area contributed by atoms with E-state index in [1.807, 2.05) is 0 Å². The van der Waals surface area contributed by atoms with E-state index in [1.54, 1.807) is 4.90 Å². The number of amides is 1. The summed E-state index contributed by atoms with van der Waals surface area (Å²) in [5.74, 6) is -0.483. The number of likely N-dealkylation sites (tertiary alicyclic amines) is 1. The number of hydrogen-bond acceptors (Lipinski definition) is 3. The fourth-order valence-electron chi connectivity index (χ4n) is 1.62. The number of carboxylic acid groups (broad SMARTS) is 1. The predicted octanol–water partition coefficient (Wildman–Crippen LogP) is 0.735. The van der Waals surface area contributed by atoms with Gasteiger partial charge in [-0.3, -0.25) is 4.79 Å². The topological polar surface area (TPSA) is 66.8 Å². The maximum atomic E-state index is 11.6. The van der Waals surface area contributed by atoms with Gasteiger partial charge in [0.05, 0.1) is 0 Å². The summed E-state index contributed by atoms with van der Waals surface area (Å²) >= 11 is 0. The van der Waals surface area contributed by atoms with Crippen molar-refractivity contribution in [3.63, 3.8) is 0 Å². The monoisotopic (exact) mass is 229 g/mol. The van der Waals surface area contributed by atoms with Crippen LogP contribution in [0.3, 0.4) is 0 Å². The van der Waals surface area contributed by atoms with Gasteiger partial charge in [-0.25, -0.2) is 4.79 Å². The van der Waals surface area contributed by atoms with Gasteiger partial charge >= 0.3 is 5.97 Å².